The summed E-state index contributed by atoms with van der Waals surface area (Å²) in [7, 11) is 1.95. The Balaban J connectivity index is 0.00000450. The first-order chi connectivity index (χ1) is 13.8. The number of halogens is 3. The number of benzene rings is 1. The van der Waals surface area contributed by atoms with Crippen LogP contribution in [0.4, 0.5) is 8.78 Å². The Morgan fingerprint density at radius 1 is 1.30 bits per heavy atom. The van der Waals surface area contributed by atoms with Gasteiger partial charge in [0.05, 0.1) is 12.2 Å². The van der Waals surface area contributed by atoms with Gasteiger partial charge in [-0.3, -0.25) is 4.68 Å². The molecule has 0 spiro atoms. The molecule has 1 heterocycles. The van der Waals surface area contributed by atoms with Crippen LogP contribution in [0.1, 0.15) is 36.4 Å². The number of nitrogens with zero attached hydrogens (tertiary/aromatic N) is 3. The zero-order chi connectivity index (χ0) is 21.4. The Bertz CT molecular complexity index is 826. The van der Waals surface area contributed by atoms with Gasteiger partial charge in [-0.05, 0) is 57.4 Å². The van der Waals surface area contributed by atoms with Gasteiger partial charge < -0.3 is 15.4 Å². The van der Waals surface area contributed by atoms with Crippen molar-refractivity contribution in [2.24, 2.45) is 12.0 Å². The van der Waals surface area contributed by atoms with E-state index in [-0.39, 0.29) is 30.0 Å². The molecular formula is C21H32F2IN5O. The molecule has 2 rings (SSSR count). The third-order valence-corrected chi connectivity index (χ3v) is 4.59. The minimum atomic E-state index is -2.49. The first-order valence-corrected chi connectivity index (χ1v) is 9.84. The van der Waals surface area contributed by atoms with Gasteiger partial charge in [0, 0.05) is 25.3 Å². The number of aryl methyl sites for hydroxylation is 2. The normalized spacial score (nSPS) is 12.5. The summed E-state index contributed by atoms with van der Waals surface area (Å²) in [4.78, 5) is 4.62. The number of guanidine groups is 1. The van der Waals surface area contributed by atoms with Crippen LogP contribution in [-0.2, 0) is 20.0 Å². The van der Waals surface area contributed by atoms with Crippen molar-refractivity contribution in [1.82, 2.24) is 20.4 Å². The fourth-order valence-electron chi connectivity index (χ4n) is 3.09. The number of hydrogen-bond donors (Lipinski definition) is 2. The lowest BCUT2D eigenvalue weighted by molar-refractivity contribution is 0.0818. The highest BCUT2D eigenvalue weighted by Gasteiger charge is 2.14. The van der Waals surface area contributed by atoms with Crippen molar-refractivity contribution in [2.75, 3.05) is 13.2 Å². The highest BCUT2D eigenvalue weighted by Crippen LogP contribution is 2.16. The monoisotopic (exact) mass is 535 g/mol. The van der Waals surface area contributed by atoms with Crippen LogP contribution < -0.4 is 15.4 Å². The standard InChI is InChI=1S/C21H31F2N5O.HI/c1-6-24-21(26-14(2)10-19-15(3)27-28(5)16(19)4)25-12-17-8-7-9-18(11-17)29-13-20(22)23;/h7-9,11,14,20H,6,10,12-13H2,1-5H3,(H2,24,25,26);1H. The smallest absolute Gasteiger partial charge is 0.272 e. The van der Waals surface area contributed by atoms with Crippen LogP contribution in [0.25, 0.3) is 0 Å². The van der Waals surface area contributed by atoms with E-state index in [2.05, 4.69) is 34.6 Å². The van der Waals surface area contributed by atoms with E-state index in [9.17, 15) is 8.78 Å². The summed E-state index contributed by atoms with van der Waals surface area (Å²) in [5.74, 6) is 1.13. The largest absolute Gasteiger partial charge is 0.488 e. The highest BCUT2D eigenvalue weighted by molar-refractivity contribution is 14.0. The first kappa shape index (κ1) is 26.1. The fraction of sp³-hybridized carbons (Fsp3) is 0.524. The molecule has 0 radical (unpaired) electrons. The number of aromatic nitrogens is 2. The van der Waals surface area contributed by atoms with Gasteiger partial charge in [-0.1, -0.05) is 12.1 Å². The Kier molecular flexibility index (Phi) is 11.1. The lowest BCUT2D eigenvalue weighted by Gasteiger charge is -2.18. The summed E-state index contributed by atoms with van der Waals surface area (Å²) in [5.41, 5.74) is 4.34. The second-order valence-electron chi connectivity index (χ2n) is 7.07. The van der Waals surface area contributed by atoms with E-state index in [0.717, 1.165) is 24.2 Å². The summed E-state index contributed by atoms with van der Waals surface area (Å²) >= 11 is 0. The highest BCUT2D eigenvalue weighted by atomic mass is 127. The van der Waals surface area contributed by atoms with E-state index < -0.39 is 13.0 Å². The number of ether oxygens (including phenoxy) is 1. The second kappa shape index (κ2) is 12.7. The third-order valence-electron chi connectivity index (χ3n) is 4.59. The van der Waals surface area contributed by atoms with E-state index >= 15 is 0 Å². The van der Waals surface area contributed by atoms with Gasteiger partial charge in [-0.2, -0.15) is 5.10 Å². The molecule has 1 unspecified atom stereocenters. The quantitative estimate of drug-likeness (QED) is 0.290. The molecule has 1 atom stereocenters. The van der Waals surface area contributed by atoms with Crippen LogP contribution in [-0.4, -0.2) is 41.4 Å². The first-order valence-electron chi connectivity index (χ1n) is 9.84. The van der Waals surface area contributed by atoms with E-state index in [1.807, 2.05) is 31.6 Å². The Morgan fingerprint density at radius 3 is 2.63 bits per heavy atom. The second-order valence-corrected chi connectivity index (χ2v) is 7.07. The predicted octanol–water partition coefficient (Wildman–Crippen LogP) is 3.99. The molecule has 6 nitrogen and oxygen atoms in total. The zero-order valence-corrected chi connectivity index (χ0v) is 20.5. The fourth-order valence-corrected chi connectivity index (χ4v) is 3.09. The molecule has 1 aromatic heterocycles. The van der Waals surface area contributed by atoms with Gasteiger partial charge in [-0.15, -0.1) is 24.0 Å². The zero-order valence-electron chi connectivity index (χ0n) is 18.2. The molecular weight excluding hydrogens is 503 g/mol. The van der Waals surface area contributed by atoms with Gasteiger partial charge in [0.15, 0.2) is 5.96 Å². The molecule has 0 aliphatic heterocycles. The maximum absolute atomic E-state index is 12.3. The van der Waals surface area contributed by atoms with Gasteiger partial charge in [0.2, 0.25) is 0 Å². The summed E-state index contributed by atoms with van der Waals surface area (Å²) in [5, 5.41) is 11.1. The molecule has 0 saturated heterocycles. The number of hydrogen-bond acceptors (Lipinski definition) is 3. The molecule has 0 aliphatic carbocycles. The van der Waals surface area contributed by atoms with Crippen LogP contribution in [0.15, 0.2) is 29.3 Å². The molecule has 2 aromatic rings. The molecule has 0 saturated carbocycles. The number of alkyl halides is 2. The van der Waals surface area contributed by atoms with Crippen molar-refractivity contribution in [3.63, 3.8) is 0 Å². The summed E-state index contributed by atoms with van der Waals surface area (Å²) < 4.78 is 31.6. The van der Waals surface area contributed by atoms with E-state index in [4.69, 9.17) is 4.74 Å². The average Bonchev–Trinajstić information content (AvgIpc) is 2.91. The van der Waals surface area contributed by atoms with Gasteiger partial charge in [-0.25, -0.2) is 13.8 Å². The number of rotatable bonds is 9. The maximum Gasteiger partial charge on any atom is 0.272 e. The molecule has 2 N–H and O–H groups in total. The lowest BCUT2D eigenvalue weighted by atomic mass is 10.1. The molecule has 1 aromatic carbocycles. The van der Waals surface area contributed by atoms with E-state index in [1.165, 1.54) is 11.3 Å². The van der Waals surface area contributed by atoms with Crippen LogP contribution >= 0.6 is 24.0 Å². The van der Waals surface area contributed by atoms with Crippen LogP contribution in [0, 0.1) is 13.8 Å². The van der Waals surface area contributed by atoms with Gasteiger partial charge >= 0.3 is 0 Å². The molecule has 0 fully saturated rings. The van der Waals surface area contributed by atoms with Crippen molar-refractivity contribution < 1.29 is 13.5 Å². The average molecular weight is 535 g/mol. The van der Waals surface area contributed by atoms with Crippen molar-refractivity contribution >= 4 is 29.9 Å². The van der Waals surface area contributed by atoms with Crippen molar-refractivity contribution in [1.29, 1.82) is 0 Å². The van der Waals surface area contributed by atoms with Crippen molar-refractivity contribution in [2.45, 2.75) is 53.1 Å². The molecule has 168 valence electrons. The van der Waals surface area contributed by atoms with Gasteiger partial charge in [0.1, 0.15) is 12.4 Å². The molecule has 9 heteroatoms. The van der Waals surface area contributed by atoms with Crippen molar-refractivity contribution in [3.8, 4) is 5.75 Å². The molecule has 0 amide bonds. The maximum atomic E-state index is 12.3. The summed E-state index contributed by atoms with van der Waals surface area (Å²) in [6.07, 6.45) is -1.65. The van der Waals surface area contributed by atoms with Gasteiger partial charge in [0.25, 0.3) is 6.43 Å². The third kappa shape index (κ3) is 8.08. The lowest BCUT2D eigenvalue weighted by Crippen LogP contribution is -2.43. The molecule has 0 bridgehead atoms. The summed E-state index contributed by atoms with van der Waals surface area (Å²) in [6, 6.07) is 7.24. The number of aliphatic imine (C=N–C) groups is 1. The molecule has 30 heavy (non-hydrogen) atoms. The van der Waals surface area contributed by atoms with Crippen LogP contribution in [0.2, 0.25) is 0 Å². The number of nitrogens with one attached hydrogen (secondary N) is 2. The Hall–Kier alpha value is -1.91. The summed E-state index contributed by atoms with van der Waals surface area (Å²) in [6.45, 7) is 8.76. The predicted molar refractivity (Wildman–Crippen MR) is 127 cm³/mol. The minimum absolute atomic E-state index is 0. The Labute approximate surface area is 194 Å². The minimum Gasteiger partial charge on any atom is -0.488 e. The van der Waals surface area contributed by atoms with E-state index in [1.54, 1.807) is 18.2 Å². The molecule has 0 aliphatic rings. The van der Waals surface area contributed by atoms with Crippen LogP contribution in [0.3, 0.4) is 0 Å². The van der Waals surface area contributed by atoms with Crippen LogP contribution in [0.5, 0.6) is 5.75 Å². The van der Waals surface area contributed by atoms with Crippen molar-refractivity contribution in [3.05, 3.63) is 46.8 Å². The van der Waals surface area contributed by atoms with E-state index in [0.29, 0.717) is 18.3 Å². The topological polar surface area (TPSA) is 63.5 Å². The SMILES string of the molecule is CCNC(=NCc1cccc(OCC(F)F)c1)NC(C)Cc1c(C)nn(C)c1C.I. The Morgan fingerprint density at radius 2 is 2.03 bits per heavy atom.